The number of aliphatic hydroxyl groups is 1. The van der Waals surface area contributed by atoms with Crippen molar-refractivity contribution in [1.82, 2.24) is 30.2 Å². The number of hydrogen-bond acceptors (Lipinski definition) is 9. The Morgan fingerprint density at radius 3 is 1.72 bits per heavy atom. The van der Waals surface area contributed by atoms with E-state index in [4.69, 9.17) is 25.6 Å². The molecule has 7 N–H and O–H groups in total. The van der Waals surface area contributed by atoms with E-state index in [1.165, 1.54) is 5.56 Å². The van der Waals surface area contributed by atoms with E-state index >= 15 is 0 Å². The minimum absolute atomic E-state index is 0.187. The van der Waals surface area contributed by atoms with Gasteiger partial charge >= 0.3 is 0 Å². The summed E-state index contributed by atoms with van der Waals surface area (Å²) < 4.78 is 10.7. The van der Waals surface area contributed by atoms with Crippen LogP contribution in [-0.2, 0) is 0 Å². The van der Waals surface area contributed by atoms with E-state index in [0.717, 1.165) is 89.5 Å². The lowest BCUT2D eigenvalue weighted by atomic mass is 9.89. The fourth-order valence-electron chi connectivity index (χ4n) is 6.66. The second-order valence-corrected chi connectivity index (χ2v) is 12.8. The van der Waals surface area contributed by atoms with E-state index in [1.807, 2.05) is 70.2 Å². The zero-order valence-electron chi connectivity index (χ0n) is 30.8. The Bertz CT molecular complexity index is 2470. The zero-order chi connectivity index (χ0) is 37.8. The standard InChI is InChI=1S/C20H20N4O.C20H18N4O.C2H6O/c2*1-11(14-7-5-4-6-8-14)16-9-15(18-12(2)24-25-13(18)3)10-17-19(16)23-20(21)22-17;1-2-3/h4-11H,1-3H3,(H3,21,22,23);4-10H,1H2,2-3H3,(H3,21,22,23);3H,2H2,1H3. The molecule has 8 rings (SSSR count). The van der Waals surface area contributed by atoms with Crippen molar-refractivity contribution in [2.24, 2.45) is 0 Å². The van der Waals surface area contributed by atoms with Crippen LogP contribution >= 0.6 is 0 Å². The van der Waals surface area contributed by atoms with Gasteiger partial charge < -0.3 is 35.6 Å². The number of nitrogens with zero attached hydrogens (tertiary/aromatic N) is 4. The van der Waals surface area contributed by atoms with Gasteiger partial charge in [-0.2, -0.15) is 0 Å². The topological polar surface area (TPSA) is 182 Å². The average Bonchev–Trinajstić information content (AvgIpc) is 3.91. The van der Waals surface area contributed by atoms with Gasteiger partial charge in [-0.1, -0.05) is 84.5 Å². The number of aromatic amines is 2. The fraction of sp³-hybridized carbons (Fsp3) is 0.190. The number of aromatic nitrogens is 6. The summed E-state index contributed by atoms with van der Waals surface area (Å²) in [5, 5.41) is 15.7. The number of aryl methyl sites for hydroxylation is 4. The van der Waals surface area contributed by atoms with Gasteiger partial charge in [0.25, 0.3) is 0 Å². The number of hydrogen-bond donors (Lipinski definition) is 5. The van der Waals surface area contributed by atoms with Gasteiger partial charge in [0.05, 0.1) is 33.5 Å². The number of H-pyrrole nitrogens is 2. The molecule has 0 bridgehead atoms. The summed E-state index contributed by atoms with van der Waals surface area (Å²) in [7, 11) is 0. The third-order valence-electron chi connectivity index (χ3n) is 9.10. The lowest BCUT2D eigenvalue weighted by molar-refractivity contribution is 0.318. The molecule has 11 heteroatoms. The number of imidazole rings is 2. The number of aliphatic hydroxyl groups excluding tert-OH is 1. The van der Waals surface area contributed by atoms with Gasteiger partial charge in [0.15, 0.2) is 11.9 Å². The van der Waals surface area contributed by atoms with Gasteiger partial charge in [0, 0.05) is 29.2 Å². The molecule has 0 saturated carbocycles. The summed E-state index contributed by atoms with van der Waals surface area (Å²) in [6.07, 6.45) is 0. The first-order valence-corrected chi connectivity index (χ1v) is 17.4. The monoisotopic (exact) mass is 708 g/mol. The van der Waals surface area contributed by atoms with Crippen LogP contribution < -0.4 is 11.5 Å². The number of fused-ring (bicyclic) bond motifs is 2. The van der Waals surface area contributed by atoms with E-state index in [1.54, 1.807) is 6.92 Å². The van der Waals surface area contributed by atoms with Crippen molar-refractivity contribution in [3.05, 3.63) is 137 Å². The fourth-order valence-corrected chi connectivity index (χ4v) is 6.66. The summed E-state index contributed by atoms with van der Waals surface area (Å²) >= 11 is 0. The lowest BCUT2D eigenvalue weighted by Gasteiger charge is -2.15. The van der Waals surface area contributed by atoms with Crippen molar-refractivity contribution in [3.8, 4) is 22.3 Å². The highest BCUT2D eigenvalue weighted by Crippen LogP contribution is 2.37. The number of rotatable bonds is 6. The smallest absolute Gasteiger partial charge is 0.198 e. The molecule has 0 aliphatic carbocycles. The molecule has 53 heavy (non-hydrogen) atoms. The molecule has 0 saturated heterocycles. The first kappa shape index (κ1) is 36.3. The minimum Gasteiger partial charge on any atom is -0.397 e. The summed E-state index contributed by atoms with van der Waals surface area (Å²) in [6.45, 7) is 16.1. The predicted octanol–water partition coefficient (Wildman–Crippen LogP) is 9.05. The van der Waals surface area contributed by atoms with Crippen molar-refractivity contribution in [2.75, 3.05) is 18.1 Å². The van der Waals surface area contributed by atoms with Gasteiger partial charge in [0.1, 0.15) is 11.5 Å². The molecule has 11 nitrogen and oxygen atoms in total. The Hall–Kier alpha value is -6.46. The van der Waals surface area contributed by atoms with E-state index < -0.39 is 0 Å². The normalized spacial score (nSPS) is 11.5. The minimum atomic E-state index is 0.187. The molecule has 8 aromatic rings. The third-order valence-corrected chi connectivity index (χ3v) is 9.10. The number of nitrogen functional groups attached to an aromatic ring is 2. The van der Waals surface area contributed by atoms with Crippen LogP contribution in [0.4, 0.5) is 11.9 Å². The van der Waals surface area contributed by atoms with Gasteiger partial charge in [-0.05, 0) is 92.3 Å². The summed E-state index contributed by atoms with van der Waals surface area (Å²) in [5.74, 6) is 2.58. The SMILES string of the molecule is C=C(c1ccccc1)c1cc(-c2c(C)noc2C)cc2[nH]c(N)nc12.CCO.Cc1noc(C)c1-c1cc(C(C)c2ccccc2)c2nc(N)[nH]c2c1. The highest BCUT2D eigenvalue weighted by molar-refractivity contribution is 5.97. The van der Waals surface area contributed by atoms with Crippen LogP contribution in [0.3, 0.4) is 0 Å². The van der Waals surface area contributed by atoms with Crippen LogP contribution in [0.2, 0.25) is 0 Å². The molecule has 0 amide bonds. The molecule has 4 heterocycles. The van der Waals surface area contributed by atoms with Crippen molar-refractivity contribution < 1.29 is 14.2 Å². The van der Waals surface area contributed by atoms with Crippen LogP contribution in [0.15, 0.2) is 101 Å². The number of anilines is 2. The van der Waals surface area contributed by atoms with Gasteiger partial charge in [-0.3, -0.25) is 0 Å². The molecule has 0 aliphatic heterocycles. The maximum Gasteiger partial charge on any atom is 0.198 e. The van der Waals surface area contributed by atoms with Crippen molar-refractivity contribution in [1.29, 1.82) is 0 Å². The first-order valence-electron chi connectivity index (χ1n) is 17.4. The number of nitrogens with two attached hydrogens (primary N) is 2. The molecule has 4 aromatic carbocycles. The van der Waals surface area contributed by atoms with Crippen LogP contribution in [0.1, 0.15) is 64.9 Å². The van der Waals surface area contributed by atoms with Crippen LogP contribution in [0, 0.1) is 27.7 Å². The Kier molecular flexibility index (Phi) is 10.6. The molecule has 0 radical (unpaired) electrons. The molecule has 0 fully saturated rings. The third kappa shape index (κ3) is 7.46. The average molecular weight is 709 g/mol. The zero-order valence-corrected chi connectivity index (χ0v) is 30.8. The van der Waals surface area contributed by atoms with E-state index in [-0.39, 0.29) is 12.5 Å². The van der Waals surface area contributed by atoms with Crippen molar-refractivity contribution in [3.63, 3.8) is 0 Å². The largest absolute Gasteiger partial charge is 0.397 e. The van der Waals surface area contributed by atoms with Crippen LogP contribution in [0.25, 0.3) is 49.9 Å². The van der Waals surface area contributed by atoms with Crippen LogP contribution in [-0.4, -0.2) is 42.0 Å². The summed E-state index contributed by atoms with van der Waals surface area (Å²) in [5.41, 5.74) is 26.4. The lowest BCUT2D eigenvalue weighted by Crippen LogP contribution is -1.98. The van der Waals surface area contributed by atoms with Gasteiger partial charge in [-0.15, -0.1) is 0 Å². The molecule has 1 unspecified atom stereocenters. The number of nitrogens with one attached hydrogen (secondary N) is 2. The summed E-state index contributed by atoms with van der Waals surface area (Å²) in [6, 6.07) is 28.8. The van der Waals surface area contributed by atoms with Crippen molar-refractivity contribution >= 4 is 39.5 Å². The summed E-state index contributed by atoms with van der Waals surface area (Å²) in [4.78, 5) is 15.2. The molecule has 4 aromatic heterocycles. The molecular formula is C42H44N8O3. The van der Waals surface area contributed by atoms with Crippen molar-refractivity contribution in [2.45, 2.75) is 47.5 Å². The van der Waals surface area contributed by atoms with E-state index in [2.05, 4.69) is 86.2 Å². The van der Waals surface area contributed by atoms with Gasteiger partial charge in [-0.25, -0.2) is 9.97 Å². The van der Waals surface area contributed by atoms with Crippen LogP contribution in [0.5, 0.6) is 0 Å². The second-order valence-electron chi connectivity index (χ2n) is 12.8. The molecule has 0 aliphatic rings. The molecule has 270 valence electrons. The molecular weight excluding hydrogens is 665 g/mol. The van der Waals surface area contributed by atoms with E-state index in [0.29, 0.717) is 11.9 Å². The highest BCUT2D eigenvalue weighted by atomic mass is 16.5. The molecule has 1 atom stereocenters. The Morgan fingerprint density at radius 1 is 0.736 bits per heavy atom. The maximum atomic E-state index is 7.57. The maximum absolute atomic E-state index is 7.57. The Balaban J connectivity index is 0.000000169. The highest BCUT2D eigenvalue weighted by Gasteiger charge is 2.20. The Morgan fingerprint density at radius 2 is 1.21 bits per heavy atom. The number of benzene rings is 4. The molecule has 0 spiro atoms. The Labute approximate surface area is 307 Å². The second kappa shape index (κ2) is 15.4. The quantitative estimate of drug-likeness (QED) is 0.113. The van der Waals surface area contributed by atoms with E-state index in [9.17, 15) is 0 Å². The van der Waals surface area contributed by atoms with Gasteiger partial charge in [0.2, 0.25) is 0 Å². The first-order chi connectivity index (χ1) is 25.5. The predicted molar refractivity (Wildman–Crippen MR) is 212 cm³/mol.